The van der Waals surface area contributed by atoms with Crippen molar-refractivity contribution in [3.63, 3.8) is 0 Å². The topological polar surface area (TPSA) is 115 Å². The first-order valence-corrected chi connectivity index (χ1v) is 6.18. The molecular formula is C12H15N3O5. The van der Waals surface area contributed by atoms with Gasteiger partial charge in [-0.3, -0.25) is 10.1 Å². The second-order valence-electron chi connectivity index (χ2n) is 4.66. The number of anilines is 1. The number of pyridine rings is 1. The molecule has 8 nitrogen and oxygen atoms in total. The molecule has 1 aliphatic rings. The van der Waals surface area contributed by atoms with Gasteiger partial charge in [-0.15, -0.1) is 0 Å². The summed E-state index contributed by atoms with van der Waals surface area (Å²) in [5.74, 6) is -1.09. The van der Waals surface area contributed by atoms with Crippen molar-refractivity contribution in [2.45, 2.75) is 31.4 Å². The maximum Gasteiger partial charge on any atom is 0.339 e. The Kier molecular flexibility index (Phi) is 4.14. The Morgan fingerprint density at radius 3 is 2.90 bits per heavy atom. The summed E-state index contributed by atoms with van der Waals surface area (Å²) in [6, 6.07) is 1.08. The lowest BCUT2D eigenvalue weighted by Crippen LogP contribution is -2.20. The predicted octanol–water partition coefficient (Wildman–Crippen LogP) is 1.67. The third-order valence-electron chi connectivity index (χ3n) is 3.37. The van der Waals surface area contributed by atoms with Crippen LogP contribution < -0.4 is 5.32 Å². The van der Waals surface area contributed by atoms with Gasteiger partial charge in [-0.2, -0.15) is 0 Å². The zero-order valence-electron chi connectivity index (χ0n) is 10.9. The van der Waals surface area contributed by atoms with Crippen LogP contribution >= 0.6 is 0 Å². The number of nitro groups is 1. The Morgan fingerprint density at radius 2 is 2.35 bits per heavy atom. The lowest BCUT2D eigenvalue weighted by Gasteiger charge is -2.15. The van der Waals surface area contributed by atoms with Gasteiger partial charge in [-0.1, -0.05) is 0 Å². The molecule has 0 radical (unpaired) electrons. The van der Waals surface area contributed by atoms with E-state index in [1.54, 1.807) is 7.11 Å². The van der Waals surface area contributed by atoms with Crippen molar-refractivity contribution in [1.29, 1.82) is 0 Å². The molecule has 0 spiro atoms. The Morgan fingerprint density at radius 1 is 1.60 bits per heavy atom. The molecule has 20 heavy (non-hydrogen) atoms. The molecule has 0 amide bonds. The lowest BCUT2D eigenvalue weighted by atomic mass is 10.2. The Balaban J connectivity index is 2.19. The van der Waals surface area contributed by atoms with Gasteiger partial charge in [-0.05, 0) is 19.3 Å². The van der Waals surface area contributed by atoms with Crippen molar-refractivity contribution in [1.82, 2.24) is 4.98 Å². The molecule has 1 heterocycles. The molecule has 1 fully saturated rings. The number of carboxylic acid groups (broad SMARTS) is 1. The van der Waals surface area contributed by atoms with E-state index in [2.05, 4.69) is 10.3 Å². The van der Waals surface area contributed by atoms with Gasteiger partial charge in [0.05, 0.1) is 11.0 Å². The summed E-state index contributed by atoms with van der Waals surface area (Å²) in [6.07, 6.45) is 3.70. The highest BCUT2D eigenvalue weighted by molar-refractivity contribution is 5.93. The maximum absolute atomic E-state index is 11.2. The maximum atomic E-state index is 11.2. The standard InChI is InChI=1S/C12H15N3O5/c1-20-9-3-2-7(4-9)14-11-10(12(16)17)5-8(6-13-11)15(18)19/h5-7,9H,2-4H2,1H3,(H,13,14)(H,16,17). The highest BCUT2D eigenvalue weighted by Crippen LogP contribution is 2.26. The number of hydrogen-bond acceptors (Lipinski definition) is 6. The van der Waals surface area contributed by atoms with Gasteiger partial charge in [0, 0.05) is 19.2 Å². The van der Waals surface area contributed by atoms with Gasteiger partial charge in [0.25, 0.3) is 5.69 Å². The molecule has 2 atom stereocenters. The molecule has 0 saturated heterocycles. The van der Waals surface area contributed by atoms with E-state index in [4.69, 9.17) is 9.84 Å². The summed E-state index contributed by atoms with van der Waals surface area (Å²) in [5.41, 5.74) is -0.533. The summed E-state index contributed by atoms with van der Waals surface area (Å²) >= 11 is 0. The van der Waals surface area contributed by atoms with Crippen molar-refractivity contribution < 1.29 is 19.6 Å². The Labute approximate surface area is 114 Å². The van der Waals surface area contributed by atoms with Crippen LogP contribution in [-0.4, -0.2) is 40.2 Å². The summed E-state index contributed by atoms with van der Waals surface area (Å²) < 4.78 is 5.24. The number of methoxy groups -OCH3 is 1. The minimum atomic E-state index is -1.25. The average molecular weight is 281 g/mol. The van der Waals surface area contributed by atoms with Crippen molar-refractivity contribution in [2.24, 2.45) is 0 Å². The van der Waals surface area contributed by atoms with Gasteiger partial charge in [-0.25, -0.2) is 9.78 Å². The Hall–Kier alpha value is -2.22. The van der Waals surface area contributed by atoms with Gasteiger partial charge in [0.1, 0.15) is 17.6 Å². The second kappa shape index (κ2) is 5.83. The van der Waals surface area contributed by atoms with E-state index in [0.717, 1.165) is 31.5 Å². The van der Waals surface area contributed by atoms with E-state index in [-0.39, 0.29) is 29.2 Å². The van der Waals surface area contributed by atoms with E-state index in [9.17, 15) is 14.9 Å². The van der Waals surface area contributed by atoms with Crippen LogP contribution in [0.4, 0.5) is 11.5 Å². The molecule has 0 bridgehead atoms. The summed E-state index contributed by atoms with van der Waals surface area (Å²) in [7, 11) is 1.64. The summed E-state index contributed by atoms with van der Waals surface area (Å²) in [5, 5.41) is 22.8. The number of rotatable bonds is 5. The highest BCUT2D eigenvalue weighted by Gasteiger charge is 2.26. The van der Waals surface area contributed by atoms with Crippen LogP contribution in [0.2, 0.25) is 0 Å². The van der Waals surface area contributed by atoms with E-state index >= 15 is 0 Å². The minimum absolute atomic E-state index is 0.0620. The fourth-order valence-electron chi connectivity index (χ4n) is 2.31. The molecule has 2 N–H and O–H groups in total. The van der Waals surface area contributed by atoms with Crippen LogP contribution in [0, 0.1) is 10.1 Å². The first-order chi connectivity index (χ1) is 9.51. The van der Waals surface area contributed by atoms with Crippen LogP contribution in [-0.2, 0) is 4.74 Å². The molecule has 1 aliphatic carbocycles. The second-order valence-corrected chi connectivity index (χ2v) is 4.66. The van der Waals surface area contributed by atoms with Crippen molar-refractivity contribution in [3.05, 3.63) is 27.9 Å². The number of aromatic carboxylic acids is 1. The molecule has 1 aromatic heterocycles. The van der Waals surface area contributed by atoms with Crippen molar-refractivity contribution in [2.75, 3.05) is 12.4 Å². The minimum Gasteiger partial charge on any atom is -0.478 e. The van der Waals surface area contributed by atoms with E-state index in [0.29, 0.717) is 0 Å². The quantitative estimate of drug-likeness (QED) is 0.623. The predicted molar refractivity (Wildman–Crippen MR) is 69.9 cm³/mol. The lowest BCUT2D eigenvalue weighted by molar-refractivity contribution is -0.385. The average Bonchev–Trinajstić information content (AvgIpc) is 2.86. The molecule has 108 valence electrons. The molecule has 2 rings (SSSR count). The first kappa shape index (κ1) is 14.2. The largest absolute Gasteiger partial charge is 0.478 e. The number of aromatic nitrogens is 1. The summed E-state index contributed by atoms with van der Waals surface area (Å²) in [4.78, 5) is 25.0. The van der Waals surface area contributed by atoms with Crippen LogP contribution in [0.1, 0.15) is 29.6 Å². The van der Waals surface area contributed by atoms with Gasteiger partial charge in [0.2, 0.25) is 0 Å². The molecule has 2 unspecified atom stereocenters. The molecule has 1 aromatic rings. The smallest absolute Gasteiger partial charge is 0.339 e. The van der Waals surface area contributed by atoms with Crippen LogP contribution in [0.3, 0.4) is 0 Å². The first-order valence-electron chi connectivity index (χ1n) is 6.18. The van der Waals surface area contributed by atoms with E-state index < -0.39 is 10.9 Å². The molecule has 0 aromatic carbocycles. The highest BCUT2D eigenvalue weighted by atomic mass is 16.6. The van der Waals surface area contributed by atoms with Gasteiger partial charge >= 0.3 is 5.97 Å². The number of carboxylic acids is 1. The number of nitrogens with zero attached hydrogens (tertiary/aromatic N) is 2. The van der Waals surface area contributed by atoms with Gasteiger partial charge < -0.3 is 15.2 Å². The third kappa shape index (κ3) is 3.02. The molecular weight excluding hydrogens is 266 g/mol. The molecule has 8 heteroatoms. The number of nitrogens with one attached hydrogen (secondary N) is 1. The normalized spacial score (nSPS) is 21.6. The van der Waals surface area contributed by atoms with Crippen molar-refractivity contribution in [3.8, 4) is 0 Å². The third-order valence-corrected chi connectivity index (χ3v) is 3.37. The number of ether oxygens (including phenoxy) is 1. The number of hydrogen-bond donors (Lipinski definition) is 2. The van der Waals surface area contributed by atoms with Crippen LogP contribution in [0.5, 0.6) is 0 Å². The van der Waals surface area contributed by atoms with Gasteiger partial charge in [0.15, 0.2) is 0 Å². The molecule has 1 saturated carbocycles. The summed E-state index contributed by atoms with van der Waals surface area (Å²) in [6.45, 7) is 0. The monoisotopic (exact) mass is 281 g/mol. The van der Waals surface area contributed by atoms with Crippen LogP contribution in [0.25, 0.3) is 0 Å². The SMILES string of the molecule is COC1CCC(Nc2ncc([N+](=O)[O-])cc2C(=O)O)C1. The van der Waals surface area contributed by atoms with Crippen molar-refractivity contribution >= 4 is 17.5 Å². The zero-order chi connectivity index (χ0) is 14.7. The van der Waals surface area contributed by atoms with E-state index in [1.807, 2.05) is 0 Å². The zero-order valence-corrected chi connectivity index (χ0v) is 10.9. The fourth-order valence-corrected chi connectivity index (χ4v) is 2.31. The Bertz CT molecular complexity index is 534. The molecule has 0 aliphatic heterocycles. The van der Waals surface area contributed by atoms with E-state index in [1.165, 1.54) is 0 Å². The van der Waals surface area contributed by atoms with Crippen LogP contribution in [0.15, 0.2) is 12.3 Å². The fraction of sp³-hybridized carbons (Fsp3) is 0.500. The number of carbonyl (C=O) groups is 1.